The topological polar surface area (TPSA) is 82.9 Å². The average Bonchev–Trinajstić information content (AvgIpc) is 3.74. The van der Waals surface area contributed by atoms with E-state index < -0.39 is 17.0 Å². The highest BCUT2D eigenvalue weighted by Gasteiger charge is 2.34. The molecule has 0 radical (unpaired) electrons. The predicted octanol–water partition coefficient (Wildman–Crippen LogP) is 9.80. The highest BCUT2D eigenvalue weighted by Crippen LogP contribution is 2.40. The Morgan fingerprint density at radius 1 is 0.980 bits per heavy atom. The molecule has 4 aromatic carbocycles. The Hall–Kier alpha value is -4.26. The molecule has 1 atom stereocenters. The minimum absolute atomic E-state index is 0.0530. The molecule has 264 valence electrons. The minimum atomic E-state index is -0.547. The fourth-order valence-electron chi connectivity index (χ4n) is 6.04. The van der Waals surface area contributed by atoms with Crippen LogP contribution >= 0.6 is 39.6 Å². The summed E-state index contributed by atoms with van der Waals surface area (Å²) in [5, 5.41) is 9.07. The van der Waals surface area contributed by atoms with Gasteiger partial charge in [0.05, 0.1) is 16.5 Å². The van der Waals surface area contributed by atoms with Gasteiger partial charge in [-0.25, -0.2) is 18.4 Å². The SMILES string of the molecule is C/C1=C(/N)CSCCC(C)(c2ccccc2)c2nc(n(C)n2)-c2cc(ccc2F)Oc2c(F)cc3c(ccn3Sc3ccccc3)c2CN1.CBr. The van der Waals surface area contributed by atoms with E-state index in [1.54, 1.807) is 29.6 Å². The molecule has 7 rings (SSSR count). The summed E-state index contributed by atoms with van der Waals surface area (Å²) in [6.45, 7) is 4.31. The van der Waals surface area contributed by atoms with Crippen LogP contribution in [0.3, 0.4) is 0 Å². The number of aryl methyl sites for hydroxylation is 1. The van der Waals surface area contributed by atoms with Crippen LogP contribution in [0.1, 0.15) is 37.2 Å². The van der Waals surface area contributed by atoms with Crippen LogP contribution in [0, 0.1) is 11.6 Å². The summed E-state index contributed by atoms with van der Waals surface area (Å²) < 4.78 is 41.6. The van der Waals surface area contributed by atoms with Crippen molar-refractivity contribution in [1.82, 2.24) is 24.1 Å². The van der Waals surface area contributed by atoms with Gasteiger partial charge in [-0.1, -0.05) is 64.5 Å². The van der Waals surface area contributed by atoms with E-state index in [1.807, 2.05) is 77.5 Å². The van der Waals surface area contributed by atoms with Gasteiger partial charge < -0.3 is 15.8 Å². The fourth-order valence-corrected chi connectivity index (χ4v) is 8.05. The number of thioether (sulfide) groups is 1. The molecule has 12 heteroatoms. The molecule has 1 aliphatic heterocycles. The number of hydrogen-bond donors (Lipinski definition) is 2. The van der Waals surface area contributed by atoms with E-state index in [1.165, 1.54) is 30.1 Å². The van der Waals surface area contributed by atoms with E-state index in [9.17, 15) is 0 Å². The van der Waals surface area contributed by atoms with Crippen LogP contribution < -0.4 is 15.8 Å². The maximum Gasteiger partial charge on any atom is 0.168 e. The maximum atomic E-state index is 16.2. The van der Waals surface area contributed by atoms with Gasteiger partial charge in [-0.15, -0.1) is 0 Å². The summed E-state index contributed by atoms with van der Waals surface area (Å²) in [6.07, 6.45) is 2.66. The van der Waals surface area contributed by atoms with Crippen LogP contribution in [0.4, 0.5) is 8.78 Å². The molecule has 0 saturated heterocycles. The number of fused-ring (bicyclic) bond motifs is 8. The van der Waals surface area contributed by atoms with Crippen molar-refractivity contribution >= 4 is 50.5 Å². The van der Waals surface area contributed by atoms with E-state index in [-0.39, 0.29) is 23.6 Å². The van der Waals surface area contributed by atoms with Crippen LogP contribution in [0.2, 0.25) is 0 Å². The summed E-state index contributed by atoms with van der Waals surface area (Å²) >= 11 is 6.16. The molecule has 6 aromatic rings. The third-order valence-electron chi connectivity index (χ3n) is 9.00. The first-order valence-electron chi connectivity index (χ1n) is 16.4. The van der Waals surface area contributed by atoms with Crippen LogP contribution in [-0.4, -0.2) is 36.1 Å². The number of aromatic nitrogens is 4. The Labute approximate surface area is 313 Å². The van der Waals surface area contributed by atoms with Crippen molar-refractivity contribution in [3.63, 3.8) is 0 Å². The van der Waals surface area contributed by atoms with E-state index in [0.29, 0.717) is 34.2 Å². The molecule has 3 N–H and O–H groups in total. The third-order valence-corrected chi connectivity index (χ3v) is 11.0. The summed E-state index contributed by atoms with van der Waals surface area (Å²) in [7, 11) is 1.76. The molecule has 0 spiro atoms. The third kappa shape index (κ3) is 7.68. The highest BCUT2D eigenvalue weighted by atomic mass is 79.9. The van der Waals surface area contributed by atoms with Crippen LogP contribution in [0.15, 0.2) is 113 Å². The summed E-state index contributed by atoms with van der Waals surface area (Å²) in [4.78, 5) is 5.95. The van der Waals surface area contributed by atoms with E-state index in [4.69, 9.17) is 20.6 Å². The van der Waals surface area contributed by atoms with Crippen LogP contribution in [0.25, 0.3) is 22.3 Å². The lowest BCUT2D eigenvalue weighted by atomic mass is 9.79. The molecule has 1 unspecified atom stereocenters. The molecule has 0 amide bonds. The van der Waals surface area contributed by atoms with Gasteiger partial charge >= 0.3 is 0 Å². The minimum Gasteiger partial charge on any atom is -0.454 e. The zero-order valence-corrected chi connectivity index (χ0v) is 32.0. The molecule has 0 saturated carbocycles. The van der Waals surface area contributed by atoms with Crippen molar-refractivity contribution in [3.05, 3.63) is 137 Å². The zero-order valence-electron chi connectivity index (χ0n) is 28.8. The van der Waals surface area contributed by atoms with Gasteiger partial charge in [-0.05, 0) is 85.8 Å². The molecule has 51 heavy (non-hydrogen) atoms. The summed E-state index contributed by atoms with van der Waals surface area (Å²) in [5.41, 5.74) is 10.2. The molecular weight excluding hydrogens is 751 g/mol. The van der Waals surface area contributed by atoms with Crippen molar-refractivity contribution < 1.29 is 13.5 Å². The number of benzene rings is 4. The highest BCUT2D eigenvalue weighted by molar-refractivity contribution is 9.08. The Morgan fingerprint density at radius 2 is 1.71 bits per heavy atom. The van der Waals surface area contributed by atoms with Gasteiger partial charge in [0.25, 0.3) is 0 Å². The van der Waals surface area contributed by atoms with Crippen molar-refractivity contribution in [2.75, 3.05) is 17.3 Å². The molecule has 3 heterocycles. The first-order valence-corrected chi connectivity index (χ1v) is 19.9. The largest absolute Gasteiger partial charge is 0.454 e. The quantitative estimate of drug-likeness (QED) is 0.173. The Balaban J connectivity index is 0.00000220. The van der Waals surface area contributed by atoms with Crippen molar-refractivity contribution in [2.24, 2.45) is 12.8 Å². The molecule has 2 aromatic heterocycles. The first-order chi connectivity index (χ1) is 24.7. The fraction of sp³-hybridized carbons (Fsp3) is 0.231. The Bertz CT molecular complexity index is 2170. The lowest BCUT2D eigenvalue weighted by molar-refractivity contribution is 0.435. The van der Waals surface area contributed by atoms with Crippen molar-refractivity contribution in [2.45, 2.75) is 37.1 Å². The second-order valence-corrected chi connectivity index (χ2v) is 14.4. The number of halogens is 3. The van der Waals surface area contributed by atoms with Gasteiger partial charge in [0.2, 0.25) is 0 Å². The average molecular weight is 790 g/mol. The summed E-state index contributed by atoms with van der Waals surface area (Å²) in [5.74, 6) is 3.44. The molecule has 0 aliphatic carbocycles. The van der Waals surface area contributed by atoms with Crippen molar-refractivity contribution in [1.29, 1.82) is 0 Å². The van der Waals surface area contributed by atoms with Gasteiger partial charge in [0, 0.05) is 58.8 Å². The van der Waals surface area contributed by atoms with Crippen LogP contribution in [0.5, 0.6) is 11.5 Å². The molecule has 0 fully saturated rings. The monoisotopic (exact) mass is 788 g/mol. The predicted molar refractivity (Wildman–Crippen MR) is 209 cm³/mol. The van der Waals surface area contributed by atoms with Gasteiger partial charge in [-0.3, -0.25) is 3.97 Å². The standard InChI is InChI=1S/C38H36F2N6OS2.CH3Br/c1-24-33(41)23-48-19-17-38(2,25-10-6-4-7-11-25)37-43-36(45(3)44-37)29-20-26(14-15-31(29)39)47-35-30(22-42-24)28-16-18-46(34(28)21-32(35)40)49-27-12-8-5-9-13-27;1-2/h4-16,18,20-21,42H,17,19,22-23,41H2,1-3H3;1H3/b33-24-;. The Kier molecular flexibility index (Phi) is 11.4. The number of nitrogens with one attached hydrogen (secondary N) is 1. The zero-order chi connectivity index (χ0) is 36.1. The van der Waals surface area contributed by atoms with E-state index in [2.05, 4.69) is 40.3 Å². The Morgan fingerprint density at radius 3 is 2.45 bits per heavy atom. The normalized spacial score (nSPS) is 18.0. The molecule has 4 bridgehead atoms. The van der Waals surface area contributed by atoms with E-state index in [0.717, 1.165) is 33.7 Å². The van der Waals surface area contributed by atoms with Gasteiger partial charge in [0.1, 0.15) is 11.6 Å². The lowest BCUT2D eigenvalue weighted by Crippen LogP contribution is -2.27. The molecule has 1 aliphatic rings. The number of rotatable bonds is 3. The number of ether oxygens (including phenoxy) is 1. The first kappa shape index (κ1) is 36.5. The molecular formula is C39H39BrF2N6OS2. The molecule has 7 nitrogen and oxygen atoms in total. The maximum absolute atomic E-state index is 16.2. The number of alkyl halides is 1. The van der Waals surface area contributed by atoms with Gasteiger partial charge in [-0.2, -0.15) is 16.9 Å². The number of nitrogens with two attached hydrogens (primary N) is 1. The van der Waals surface area contributed by atoms with E-state index >= 15 is 8.78 Å². The van der Waals surface area contributed by atoms with Crippen LogP contribution in [-0.2, 0) is 19.0 Å². The lowest BCUT2D eigenvalue weighted by Gasteiger charge is -2.27. The number of nitrogens with zero attached hydrogens (tertiary/aromatic N) is 4. The number of allylic oxidation sites excluding steroid dienone is 1. The smallest absolute Gasteiger partial charge is 0.168 e. The second kappa shape index (κ2) is 16.0. The summed E-state index contributed by atoms with van der Waals surface area (Å²) in [6, 6.07) is 27.9. The van der Waals surface area contributed by atoms with Crippen molar-refractivity contribution in [3.8, 4) is 22.9 Å². The van der Waals surface area contributed by atoms with Gasteiger partial charge in [0.15, 0.2) is 23.2 Å². The second-order valence-electron chi connectivity index (χ2n) is 12.3. The number of hydrogen-bond acceptors (Lipinski definition) is 7.